The Balaban J connectivity index is 1.59. The molecule has 3 nitrogen and oxygen atoms in total. The summed E-state index contributed by atoms with van der Waals surface area (Å²) in [4.78, 5) is 13.8. The minimum atomic E-state index is 0.334. The normalized spacial score (nSPS) is 42.8. The molecule has 2 heterocycles. The molecule has 3 heteroatoms. The summed E-state index contributed by atoms with van der Waals surface area (Å²) < 4.78 is 5.27. The Bertz CT molecular complexity index is 237. The molecule has 13 heavy (non-hydrogen) atoms. The molecule has 0 aromatic heterocycles. The summed E-state index contributed by atoms with van der Waals surface area (Å²) in [6, 6.07) is 0. The largest absolute Gasteiger partial charge is 0.381 e. The molecule has 1 aliphatic carbocycles. The lowest BCUT2D eigenvalue weighted by molar-refractivity contribution is -0.140. The predicted octanol–water partition coefficient (Wildman–Crippen LogP) is 0.357. The zero-order valence-corrected chi connectivity index (χ0v) is 7.90. The number of likely N-dealkylation sites (tertiary alicyclic amines) is 1. The number of nitrogens with zero attached hydrogens (tertiary/aromatic N) is 1. The molecule has 0 aromatic carbocycles. The molecule has 0 radical (unpaired) electrons. The molecule has 1 amide bonds. The van der Waals surface area contributed by atoms with Crippen molar-refractivity contribution >= 4 is 5.91 Å². The van der Waals surface area contributed by atoms with Crippen LogP contribution in [0.1, 0.15) is 6.92 Å². The summed E-state index contributed by atoms with van der Waals surface area (Å²) in [6.45, 7) is 5.81. The van der Waals surface area contributed by atoms with Crippen LogP contribution in [-0.4, -0.2) is 37.1 Å². The molecule has 3 fully saturated rings. The van der Waals surface area contributed by atoms with Gasteiger partial charge in [0.1, 0.15) is 0 Å². The van der Waals surface area contributed by atoms with Crippen LogP contribution >= 0.6 is 0 Å². The summed E-state index contributed by atoms with van der Waals surface area (Å²) in [5, 5.41) is 0. The number of hydrogen-bond donors (Lipinski definition) is 0. The van der Waals surface area contributed by atoms with E-state index in [0.717, 1.165) is 32.2 Å². The van der Waals surface area contributed by atoms with E-state index in [1.807, 2.05) is 4.90 Å². The molecule has 3 rings (SSSR count). The van der Waals surface area contributed by atoms with Crippen LogP contribution in [0.3, 0.4) is 0 Å². The second kappa shape index (κ2) is 2.47. The highest BCUT2D eigenvalue weighted by molar-refractivity contribution is 5.83. The van der Waals surface area contributed by atoms with Crippen LogP contribution in [0.15, 0.2) is 0 Å². The third-order valence-corrected chi connectivity index (χ3v) is 3.61. The second-order valence-electron chi connectivity index (χ2n) is 4.74. The van der Waals surface area contributed by atoms with E-state index in [1.54, 1.807) is 0 Å². The third-order valence-electron chi connectivity index (χ3n) is 3.61. The smallest absolute Gasteiger partial charge is 0.226 e. The Morgan fingerprint density at radius 1 is 1.31 bits per heavy atom. The monoisotopic (exact) mass is 181 g/mol. The third kappa shape index (κ3) is 1.03. The zero-order chi connectivity index (χ0) is 9.00. The molecule has 1 saturated carbocycles. The van der Waals surface area contributed by atoms with Gasteiger partial charge >= 0.3 is 0 Å². The van der Waals surface area contributed by atoms with Gasteiger partial charge in [-0.15, -0.1) is 0 Å². The average molecular weight is 181 g/mol. The Hall–Kier alpha value is -0.570. The molecule has 1 unspecified atom stereocenters. The van der Waals surface area contributed by atoms with Gasteiger partial charge in [-0.1, -0.05) is 6.92 Å². The van der Waals surface area contributed by atoms with Crippen LogP contribution < -0.4 is 0 Å². The van der Waals surface area contributed by atoms with Crippen molar-refractivity contribution in [2.75, 3.05) is 26.3 Å². The van der Waals surface area contributed by atoms with Crippen LogP contribution in [0.5, 0.6) is 0 Å². The van der Waals surface area contributed by atoms with Crippen molar-refractivity contribution in [2.24, 2.45) is 23.7 Å². The van der Waals surface area contributed by atoms with Gasteiger partial charge in [0.2, 0.25) is 5.91 Å². The zero-order valence-electron chi connectivity index (χ0n) is 7.90. The average Bonchev–Trinajstić information content (AvgIpc) is 2.53. The number of carbonyl (C=O) groups excluding carboxylic acids is 1. The maximum absolute atomic E-state index is 11.8. The summed E-state index contributed by atoms with van der Waals surface area (Å²) in [5.41, 5.74) is 0. The molecular weight excluding hydrogens is 166 g/mol. The lowest BCUT2D eigenvalue weighted by atomic mass is 10.0. The van der Waals surface area contributed by atoms with E-state index in [9.17, 15) is 4.79 Å². The molecule has 72 valence electrons. The molecule has 0 bridgehead atoms. The number of fused-ring (bicyclic) bond motifs is 1. The van der Waals surface area contributed by atoms with Gasteiger partial charge in [0, 0.05) is 19.0 Å². The molecule has 2 saturated heterocycles. The number of rotatable bonds is 1. The maximum atomic E-state index is 11.8. The first kappa shape index (κ1) is 7.80. The second-order valence-corrected chi connectivity index (χ2v) is 4.74. The van der Waals surface area contributed by atoms with Crippen molar-refractivity contribution < 1.29 is 9.53 Å². The first-order valence-electron chi connectivity index (χ1n) is 5.14. The highest BCUT2D eigenvalue weighted by Gasteiger charge is 2.59. The number of amides is 1. The molecule has 3 aliphatic rings. The molecule has 2 aliphatic heterocycles. The minimum absolute atomic E-state index is 0.334. The van der Waals surface area contributed by atoms with Gasteiger partial charge in [0.25, 0.3) is 0 Å². The first-order valence-corrected chi connectivity index (χ1v) is 5.14. The lowest BCUT2D eigenvalue weighted by Gasteiger charge is -2.37. The quantitative estimate of drug-likeness (QED) is 0.584. The standard InChI is InChI=1S/C10H15NO2/c1-6-2-11(3-6)10(12)9-7-4-13-5-8(7)9/h6-9H,2-5H2,1H3/t7-,8+,9?. The van der Waals surface area contributed by atoms with Crippen LogP contribution in [0.4, 0.5) is 0 Å². The summed E-state index contributed by atoms with van der Waals surface area (Å²) in [6.07, 6.45) is 0. The van der Waals surface area contributed by atoms with Crippen LogP contribution in [0.25, 0.3) is 0 Å². The van der Waals surface area contributed by atoms with Gasteiger partial charge in [-0.3, -0.25) is 4.79 Å². The lowest BCUT2D eigenvalue weighted by Crippen LogP contribution is -2.49. The summed E-state index contributed by atoms with van der Waals surface area (Å²) in [7, 11) is 0. The minimum Gasteiger partial charge on any atom is -0.381 e. The number of carbonyl (C=O) groups is 1. The van der Waals surface area contributed by atoms with Crippen molar-refractivity contribution in [3.8, 4) is 0 Å². The highest BCUT2D eigenvalue weighted by Crippen LogP contribution is 2.51. The van der Waals surface area contributed by atoms with Crippen molar-refractivity contribution in [2.45, 2.75) is 6.92 Å². The van der Waals surface area contributed by atoms with E-state index in [1.165, 1.54) is 0 Å². The van der Waals surface area contributed by atoms with Crippen molar-refractivity contribution in [1.82, 2.24) is 4.90 Å². The Kier molecular flexibility index (Phi) is 1.48. The van der Waals surface area contributed by atoms with Crippen LogP contribution in [0.2, 0.25) is 0 Å². The number of ether oxygens (including phenoxy) is 1. The van der Waals surface area contributed by atoms with Gasteiger partial charge in [-0.2, -0.15) is 0 Å². The predicted molar refractivity (Wildman–Crippen MR) is 47.0 cm³/mol. The first-order chi connectivity index (χ1) is 6.27. The van der Waals surface area contributed by atoms with Crippen molar-refractivity contribution in [3.05, 3.63) is 0 Å². The van der Waals surface area contributed by atoms with Gasteiger partial charge in [0.05, 0.1) is 13.2 Å². The number of hydrogen-bond acceptors (Lipinski definition) is 2. The molecule has 0 spiro atoms. The molecular formula is C10H15NO2. The van der Waals surface area contributed by atoms with Crippen molar-refractivity contribution in [3.63, 3.8) is 0 Å². The van der Waals surface area contributed by atoms with Gasteiger partial charge in [-0.05, 0) is 17.8 Å². The fourth-order valence-electron chi connectivity index (χ4n) is 2.70. The van der Waals surface area contributed by atoms with E-state index >= 15 is 0 Å². The maximum Gasteiger partial charge on any atom is 0.226 e. The van der Waals surface area contributed by atoms with E-state index in [4.69, 9.17) is 4.74 Å². The van der Waals surface area contributed by atoms with E-state index in [-0.39, 0.29) is 0 Å². The van der Waals surface area contributed by atoms with Gasteiger partial charge in [-0.25, -0.2) is 0 Å². The Morgan fingerprint density at radius 3 is 2.46 bits per heavy atom. The Labute approximate surface area is 78.0 Å². The SMILES string of the molecule is CC1CN(C(=O)C2[C@H]3COC[C@@H]23)C1. The van der Waals surface area contributed by atoms with Crippen LogP contribution in [-0.2, 0) is 9.53 Å². The van der Waals surface area contributed by atoms with Gasteiger partial charge < -0.3 is 9.64 Å². The Morgan fingerprint density at radius 2 is 1.92 bits per heavy atom. The fourth-order valence-corrected chi connectivity index (χ4v) is 2.70. The molecule has 0 aromatic rings. The topological polar surface area (TPSA) is 29.5 Å². The highest BCUT2D eigenvalue weighted by atomic mass is 16.5. The van der Waals surface area contributed by atoms with E-state index < -0.39 is 0 Å². The molecule has 3 atom stereocenters. The van der Waals surface area contributed by atoms with E-state index in [2.05, 4.69) is 6.92 Å². The fraction of sp³-hybridized carbons (Fsp3) is 0.900. The summed E-state index contributed by atoms with van der Waals surface area (Å²) in [5.74, 6) is 2.60. The summed E-state index contributed by atoms with van der Waals surface area (Å²) >= 11 is 0. The van der Waals surface area contributed by atoms with Crippen LogP contribution in [0, 0.1) is 23.7 Å². The van der Waals surface area contributed by atoms with Crippen molar-refractivity contribution in [1.29, 1.82) is 0 Å². The van der Waals surface area contributed by atoms with E-state index in [0.29, 0.717) is 23.7 Å². The van der Waals surface area contributed by atoms with Gasteiger partial charge in [0.15, 0.2) is 0 Å². The molecule has 0 N–H and O–H groups in total.